The molecule has 3 aromatic rings. The Hall–Kier alpha value is -2.62. The van der Waals surface area contributed by atoms with Gasteiger partial charge in [0.25, 0.3) is 5.91 Å². The fourth-order valence-corrected chi connectivity index (χ4v) is 3.49. The zero-order valence-corrected chi connectivity index (χ0v) is 17.2. The van der Waals surface area contributed by atoms with Gasteiger partial charge in [0.1, 0.15) is 11.3 Å². The number of carbonyl (C=O) groups excluding carboxylic acids is 1. The van der Waals surface area contributed by atoms with E-state index in [4.69, 9.17) is 11.6 Å². The molecular formula is C19H20ClF3N6O. The van der Waals surface area contributed by atoms with E-state index in [0.29, 0.717) is 34.7 Å². The summed E-state index contributed by atoms with van der Waals surface area (Å²) in [6.07, 6.45) is -1.28. The Morgan fingerprint density at radius 2 is 2.07 bits per heavy atom. The second-order valence-electron chi connectivity index (χ2n) is 7.45. The molecule has 1 aliphatic rings. The van der Waals surface area contributed by atoms with Crippen LogP contribution in [0.5, 0.6) is 0 Å². The molecule has 0 atom stereocenters. The van der Waals surface area contributed by atoms with Crippen LogP contribution in [-0.4, -0.2) is 36.8 Å². The standard InChI is InChI=1S/C19H20ClF3N6O/c1-10-16(20)11(2)28(27-10)7-3-6-24-18(30)13-9-25-29-15(19(21,22)23)8-14(12-4-5-12)26-17(13)29/h8-9,12H,3-7H2,1-2H3,(H,24,30). The number of rotatable bonds is 6. The molecule has 4 rings (SSSR count). The summed E-state index contributed by atoms with van der Waals surface area (Å²) in [5, 5.41) is 11.4. The van der Waals surface area contributed by atoms with Crippen molar-refractivity contribution in [1.29, 1.82) is 0 Å². The van der Waals surface area contributed by atoms with Crippen molar-refractivity contribution in [1.82, 2.24) is 29.7 Å². The van der Waals surface area contributed by atoms with Gasteiger partial charge in [-0.3, -0.25) is 9.48 Å². The second-order valence-corrected chi connectivity index (χ2v) is 7.83. The highest BCUT2D eigenvalue weighted by molar-refractivity contribution is 6.31. The maximum absolute atomic E-state index is 13.5. The third kappa shape index (κ3) is 3.88. The molecule has 1 fully saturated rings. The number of aromatic nitrogens is 5. The monoisotopic (exact) mass is 440 g/mol. The van der Waals surface area contributed by atoms with Crippen LogP contribution in [0.25, 0.3) is 5.65 Å². The average Bonchev–Trinajstić information content (AvgIpc) is 3.41. The molecule has 3 heterocycles. The van der Waals surface area contributed by atoms with Crippen LogP contribution in [-0.2, 0) is 12.7 Å². The molecular weight excluding hydrogens is 421 g/mol. The minimum atomic E-state index is -4.59. The number of hydrogen-bond donors (Lipinski definition) is 1. The van der Waals surface area contributed by atoms with Gasteiger partial charge < -0.3 is 5.32 Å². The Morgan fingerprint density at radius 3 is 2.67 bits per heavy atom. The smallest absolute Gasteiger partial charge is 0.352 e. The number of hydrogen-bond acceptors (Lipinski definition) is 4. The fraction of sp³-hybridized carbons (Fsp3) is 0.474. The van der Waals surface area contributed by atoms with Gasteiger partial charge in [-0.2, -0.15) is 23.4 Å². The molecule has 0 aromatic carbocycles. The second kappa shape index (κ2) is 7.57. The average molecular weight is 441 g/mol. The molecule has 7 nitrogen and oxygen atoms in total. The van der Waals surface area contributed by atoms with Crippen molar-refractivity contribution in [2.75, 3.05) is 6.54 Å². The van der Waals surface area contributed by atoms with Crippen LogP contribution in [0.4, 0.5) is 13.2 Å². The summed E-state index contributed by atoms with van der Waals surface area (Å²) in [5.41, 5.74) is 0.967. The Labute approximate surface area is 175 Å². The number of carbonyl (C=O) groups is 1. The van der Waals surface area contributed by atoms with Crippen LogP contribution in [0.15, 0.2) is 12.3 Å². The first-order valence-electron chi connectivity index (χ1n) is 9.60. The van der Waals surface area contributed by atoms with Crippen LogP contribution in [0.3, 0.4) is 0 Å². The highest BCUT2D eigenvalue weighted by Gasteiger charge is 2.37. The highest BCUT2D eigenvalue weighted by Crippen LogP contribution is 2.41. The first-order valence-corrected chi connectivity index (χ1v) is 9.98. The Kier molecular flexibility index (Phi) is 5.21. The van der Waals surface area contributed by atoms with Gasteiger partial charge in [-0.15, -0.1) is 0 Å². The summed E-state index contributed by atoms with van der Waals surface area (Å²) >= 11 is 6.12. The molecule has 160 valence electrons. The van der Waals surface area contributed by atoms with Crippen molar-refractivity contribution >= 4 is 23.2 Å². The van der Waals surface area contributed by atoms with E-state index in [1.54, 1.807) is 4.68 Å². The first kappa shape index (κ1) is 20.6. The van der Waals surface area contributed by atoms with E-state index in [-0.39, 0.29) is 17.1 Å². The Morgan fingerprint density at radius 1 is 1.33 bits per heavy atom. The fourth-order valence-electron chi connectivity index (χ4n) is 3.35. The summed E-state index contributed by atoms with van der Waals surface area (Å²) in [4.78, 5) is 16.9. The highest BCUT2D eigenvalue weighted by atomic mass is 35.5. The van der Waals surface area contributed by atoms with Crippen molar-refractivity contribution in [3.05, 3.63) is 45.6 Å². The predicted molar refractivity (Wildman–Crippen MR) is 104 cm³/mol. The van der Waals surface area contributed by atoms with Gasteiger partial charge in [0.05, 0.1) is 22.6 Å². The summed E-state index contributed by atoms with van der Waals surface area (Å²) in [6.45, 7) is 4.55. The molecule has 0 saturated heterocycles. The van der Waals surface area contributed by atoms with Gasteiger partial charge >= 0.3 is 6.18 Å². The third-order valence-electron chi connectivity index (χ3n) is 5.15. The summed E-state index contributed by atoms with van der Waals surface area (Å²) < 4.78 is 42.8. The Bertz CT molecular complexity index is 1120. The molecule has 30 heavy (non-hydrogen) atoms. The first-order chi connectivity index (χ1) is 14.2. The van der Waals surface area contributed by atoms with Crippen molar-refractivity contribution in [3.8, 4) is 0 Å². The zero-order valence-electron chi connectivity index (χ0n) is 16.4. The van der Waals surface area contributed by atoms with Gasteiger partial charge in [-0.05, 0) is 39.2 Å². The SMILES string of the molecule is Cc1nn(CCCNC(=O)c2cnn3c(C(F)(F)F)cc(C4CC4)nc23)c(C)c1Cl. The van der Waals surface area contributed by atoms with Gasteiger partial charge in [0.15, 0.2) is 5.65 Å². The number of fused-ring (bicyclic) bond motifs is 1. The number of alkyl halides is 3. The molecule has 1 N–H and O–H groups in total. The molecule has 0 spiro atoms. The quantitative estimate of drug-likeness (QED) is 0.589. The van der Waals surface area contributed by atoms with Crippen molar-refractivity contribution in [2.24, 2.45) is 0 Å². The van der Waals surface area contributed by atoms with Crippen molar-refractivity contribution in [3.63, 3.8) is 0 Å². The third-order valence-corrected chi connectivity index (χ3v) is 5.69. The van der Waals surface area contributed by atoms with E-state index >= 15 is 0 Å². The van der Waals surface area contributed by atoms with Crippen molar-refractivity contribution < 1.29 is 18.0 Å². The lowest BCUT2D eigenvalue weighted by Crippen LogP contribution is -2.25. The lowest BCUT2D eigenvalue weighted by molar-refractivity contribution is -0.142. The molecule has 1 aliphatic carbocycles. The minimum absolute atomic E-state index is 0.00880. The number of aryl methyl sites for hydroxylation is 2. The lowest BCUT2D eigenvalue weighted by Gasteiger charge is -2.11. The van der Waals surface area contributed by atoms with Crippen LogP contribution in [0, 0.1) is 13.8 Å². The molecule has 0 bridgehead atoms. The summed E-state index contributed by atoms with van der Waals surface area (Å²) in [7, 11) is 0. The topological polar surface area (TPSA) is 77.1 Å². The molecule has 1 saturated carbocycles. The van der Waals surface area contributed by atoms with Gasteiger partial charge in [0.2, 0.25) is 0 Å². The Balaban J connectivity index is 1.49. The summed E-state index contributed by atoms with van der Waals surface area (Å²) in [5.74, 6) is -0.500. The lowest BCUT2D eigenvalue weighted by atomic mass is 10.2. The van der Waals surface area contributed by atoms with E-state index in [1.165, 1.54) is 0 Å². The molecule has 1 amide bonds. The van der Waals surface area contributed by atoms with Crippen LogP contribution in [0.1, 0.15) is 58.3 Å². The van der Waals surface area contributed by atoms with E-state index < -0.39 is 17.8 Å². The number of nitrogens with one attached hydrogen (secondary N) is 1. The largest absolute Gasteiger partial charge is 0.433 e. The molecule has 0 aliphatic heterocycles. The maximum atomic E-state index is 13.5. The molecule has 3 aromatic heterocycles. The maximum Gasteiger partial charge on any atom is 0.433 e. The number of nitrogens with zero attached hydrogens (tertiary/aromatic N) is 5. The van der Waals surface area contributed by atoms with E-state index in [9.17, 15) is 18.0 Å². The van der Waals surface area contributed by atoms with E-state index in [1.807, 2.05) is 13.8 Å². The normalized spacial score (nSPS) is 14.5. The molecule has 11 heteroatoms. The zero-order chi connectivity index (χ0) is 21.6. The molecule has 0 radical (unpaired) electrons. The number of halogens is 4. The summed E-state index contributed by atoms with van der Waals surface area (Å²) in [6, 6.07) is 1.03. The van der Waals surface area contributed by atoms with Gasteiger partial charge in [-0.25, -0.2) is 9.50 Å². The van der Waals surface area contributed by atoms with E-state index in [2.05, 4.69) is 20.5 Å². The number of amides is 1. The minimum Gasteiger partial charge on any atom is -0.352 e. The van der Waals surface area contributed by atoms with Crippen molar-refractivity contribution in [2.45, 2.75) is 51.7 Å². The van der Waals surface area contributed by atoms with Crippen LogP contribution >= 0.6 is 11.6 Å². The van der Waals surface area contributed by atoms with Crippen LogP contribution < -0.4 is 5.32 Å². The van der Waals surface area contributed by atoms with Gasteiger partial charge in [0, 0.05) is 24.7 Å². The predicted octanol–water partition coefficient (Wildman–Crippen LogP) is 3.91. The molecule has 0 unspecified atom stereocenters. The van der Waals surface area contributed by atoms with Crippen LogP contribution in [0.2, 0.25) is 5.02 Å². The van der Waals surface area contributed by atoms with E-state index in [0.717, 1.165) is 36.5 Å². The van der Waals surface area contributed by atoms with Gasteiger partial charge in [-0.1, -0.05) is 11.6 Å².